The molecule has 44 heavy (non-hydrogen) atoms. The quantitative estimate of drug-likeness (QED) is 0.333. The Morgan fingerprint density at radius 1 is 1.00 bits per heavy atom. The summed E-state index contributed by atoms with van der Waals surface area (Å²) < 4.78 is 33.3. The molecule has 1 saturated heterocycles. The smallest absolute Gasteiger partial charge is 0.185 e. The summed E-state index contributed by atoms with van der Waals surface area (Å²) in [5, 5.41) is 22.6. The average molecular weight is 625 g/mol. The SMILES string of the molecule is COC1COC(CCSC(C)=O)CO1.COc1ccc(C23Oc4cc(O)cc(OC)c4C2(O)CCC3c2ccccc2)cc1. The van der Waals surface area contributed by atoms with E-state index in [2.05, 4.69) is 12.1 Å². The van der Waals surface area contributed by atoms with Crippen molar-refractivity contribution >= 4 is 16.9 Å². The van der Waals surface area contributed by atoms with E-state index >= 15 is 0 Å². The van der Waals surface area contributed by atoms with Gasteiger partial charge in [0, 0.05) is 37.8 Å². The molecular formula is C34H40O9S. The predicted molar refractivity (Wildman–Crippen MR) is 167 cm³/mol. The first-order chi connectivity index (χ1) is 21.2. The first kappa shape index (κ1) is 32.1. The van der Waals surface area contributed by atoms with E-state index in [9.17, 15) is 15.0 Å². The number of phenolic OH excluding ortho intramolecular Hbond substituents is 1. The highest BCUT2D eigenvalue weighted by Gasteiger charge is 2.69. The number of carbonyl (C=O) groups excluding carboxylic acids is 1. The number of aromatic hydroxyl groups is 1. The van der Waals surface area contributed by atoms with E-state index < -0.39 is 11.2 Å². The Hall–Kier alpha value is -3.28. The Labute approximate surface area is 262 Å². The number of phenols is 1. The molecule has 0 spiro atoms. The fourth-order valence-corrected chi connectivity index (χ4v) is 7.15. The Morgan fingerprint density at radius 3 is 2.36 bits per heavy atom. The monoisotopic (exact) mass is 624 g/mol. The molecule has 2 fully saturated rings. The molecule has 6 rings (SSSR count). The maximum absolute atomic E-state index is 12.2. The molecule has 2 heterocycles. The fraction of sp³-hybridized carbons (Fsp3) is 0.441. The Kier molecular flexibility index (Phi) is 10.1. The molecule has 5 atom stereocenters. The summed E-state index contributed by atoms with van der Waals surface area (Å²) in [5.74, 6) is 2.36. The third-order valence-corrected chi connectivity index (χ3v) is 9.37. The van der Waals surface area contributed by atoms with Crippen LogP contribution in [0, 0.1) is 0 Å². The van der Waals surface area contributed by atoms with Gasteiger partial charge in [-0.1, -0.05) is 54.2 Å². The van der Waals surface area contributed by atoms with Gasteiger partial charge in [0.15, 0.2) is 17.0 Å². The van der Waals surface area contributed by atoms with E-state index in [-0.39, 0.29) is 29.2 Å². The van der Waals surface area contributed by atoms with E-state index in [0.29, 0.717) is 36.7 Å². The van der Waals surface area contributed by atoms with Gasteiger partial charge in [-0.05, 0) is 42.5 Å². The van der Waals surface area contributed by atoms with Crippen molar-refractivity contribution < 1.29 is 43.4 Å². The first-order valence-electron chi connectivity index (χ1n) is 14.7. The van der Waals surface area contributed by atoms with Crippen LogP contribution in [0.3, 0.4) is 0 Å². The van der Waals surface area contributed by atoms with Crippen LogP contribution < -0.4 is 14.2 Å². The molecule has 0 radical (unpaired) electrons. The number of thioether (sulfide) groups is 1. The summed E-state index contributed by atoms with van der Waals surface area (Å²) in [7, 11) is 4.76. The van der Waals surface area contributed by atoms with Gasteiger partial charge in [0.05, 0.1) is 39.1 Å². The summed E-state index contributed by atoms with van der Waals surface area (Å²) in [5.41, 5.74) is 0.188. The van der Waals surface area contributed by atoms with Crippen LogP contribution in [0.25, 0.3) is 0 Å². The summed E-state index contributed by atoms with van der Waals surface area (Å²) >= 11 is 1.33. The fourth-order valence-electron chi connectivity index (χ4n) is 6.48. The molecule has 2 N–H and O–H groups in total. The third-order valence-electron chi connectivity index (χ3n) is 8.52. The summed E-state index contributed by atoms with van der Waals surface area (Å²) in [6, 6.07) is 20.9. The number of fused-ring (bicyclic) bond motifs is 3. The summed E-state index contributed by atoms with van der Waals surface area (Å²) in [6.45, 7) is 2.60. The molecule has 3 aromatic rings. The molecule has 9 nitrogen and oxygen atoms in total. The van der Waals surface area contributed by atoms with Crippen molar-refractivity contribution in [1.82, 2.24) is 0 Å². The van der Waals surface area contributed by atoms with Gasteiger partial charge in [-0.15, -0.1) is 0 Å². The van der Waals surface area contributed by atoms with Gasteiger partial charge in [-0.3, -0.25) is 4.79 Å². The highest BCUT2D eigenvalue weighted by atomic mass is 32.2. The normalized spacial score (nSPS) is 26.9. The van der Waals surface area contributed by atoms with Crippen LogP contribution in [0.4, 0.5) is 0 Å². The van der Waals surface area contributed by atoms with Crippen LogP contribution >= 0.6 is 11.8 Å². The molecule has 1 saturated carbocycles. The molecule has 5 unspecified atom stereocenters. The zero-order valence-electron chi connectivity index (χ0n) is 25.5. The van der Waals surface area contributed by atoms with Gasteiger partial charge in [-0.2, -0.15) is 0 Å². The number of hydrogen-bond donors (Lipinski definition) is 2. The molecule has 0 amide bonds. The predicted octanol–water partition coefficient (Wildman–Crippen LogP) is 5.51. The average Bonchev–Trinajstić information content (AvgIpc) is 3.48. The van der Waals surface area contributed by atoms with Gasteiger partial charge in [0.25, 0.3) is 0 Å². The number of rotatable bonds is 8. The van der Waals surface area contributed by atoms with Crippen molar-refractivity contribution in [2.75, 3.05) is 40.3 Å². The van der Waals surface area contributed by atoms with Gasteiger partial charge >= 0.3 is 0 Å². The second kappa shape index (κ2) is 13.8. The minimum absolute atomic E-state index is 0.0373. The Morgan fingerprint density at radius 2 is 1.75 bits per heavy atom. The number of aliphatic hydroxyl groups is 1. The standard InChI is InChI=1S/C25H24O5.C9H16O4S/c1-28-19-10-8-17(9-11-19)25-20(16-6-4-3-5-7-16)12-13-24(25,27)23-21(29-2)14-18(26)15-22(23)30-25;1-7(10)14-4-3-8-5-13-9(11-2)6-12-8/h3-11,14-15,20,26-27H,12-13H2,1-2H3;8-9H,3-6H2,1-2H3. The molecular weight excluding hydrogens is 584 g/mol. The minimum atomic E-state index is -1.31. The maximum Gasteiger partial charge on any atom is 0.185 e. The highest BCUT2D eigenvalue weighted by molar-refractivity contribution is 8.13. The van der Waals surface area contributed by atoms with Crippen molar-refractivity contribution in [2.45, 2.75) is 55.7 Å². The second-order valence-corrected chi connectivity index (χ2v) is 12.3. The van der Waals surface area contributed by atoms with E-state index in [1.807, 2.05) is 42.5 Å². The molecule has 3 aliphatic rings. The van der Waals surface area contributed by atoms with Gasteiger partial charge in [-0.25, -0.2) is 0 Å². The van der Waals surface area contributed by atoms with Crippen molar-refractivity contribution in [1.29, 1.82) is 0 Å². The topological polar surface area (TPSA) is 113 Å². The van der Waals surface area contributed by atoms with E-state index in [1.165, 1.54) is 24.9 Å². The molecule has 236 valence electrons. The first-order valence-corrected chi connectivity index (χ1v) is 15.7. The van der Waals surface area contributed by atoms with Crippen LogP contribution in [0.1, 0.15) is 48.8 Å². The van der Waals surface area contributed by atoms with Gasteiger partial charge in [0.1, 0.15) is 28.6 Å². The van der Waals surface area contributed by atoms with E-state index in [0.717, 1.165) is 35.5 Å². The lowest BCUT2D eigenvalue weighted by Gasteiger charge is -2.40. The zero-order valence-corrected chi connectivity index (χ0v) is 26.3. The lowest BCUT2D eigenvalue weighted by atomic mass is 9.71. The molecule has 3 aromatic carbocycles. The van der Waals surface area contributed by atoms with Crippen LogP contribution in [0.5, 0.6) is 23.0 Å². The summed E-state index contributed by atoms with van der Waals surface area (Å²) in [4.78, 5) is 10.7. The molecule has 1 aliphatic carbocycles. The maximum atomic E-state index is 12.2. The van der Waals surface area contributed by atoms with Gasteiger partial charge in [0.2, 0.25) is 0 Å². The minimum Gasteiger partial charge on any atom is -0.508 e. The lowest BCUT2D eigenvalue weighted by Crippen LogP contribution is -2.48. The highest BCUT2D eigenvalue weighted by Crippen LogP contribution is 2.68. The number of carbonyl (C=O) groups is 1. The molecule has 0 bridgehead atoms. The van der Waals surface area contributed by atoms with Crippen LogP contribution in [-0.2, 0) is 30.2 Å². The Bertz CT molecular complexity index is 1410. The number of hydrogen-bond acceptors (Lipinski definition) is 10. The zero-order chi connectivity index (χ0) is 31.3. The largest absolute Gasteiger partial charge is 0.508 e. The molecule has 10 heteroatoms. The third kappa shape index (κ3) is 6.14. The summed E-state index contributed by atoms with van der Waals surface area (Å²) in [6.07, 6.45) is 1.98. The number of benzene rings is 3. The van der Waals surface area contributed by atoms with Crippen LogP contribution in [-0.4, -0.2) is 68.0 Å². The van der Waals surface area contributed by atoms with E-state index in [1.54, 1.807) is 27.2 Å². The number of methoxy groups -OCH3 is 3. The lowest BCUT2D eigenvalue weighted by molar-refractivity contribution is -0.224. The number of ether oxygens (including phenoxy) is 6. The second-order valence-electron chi connectivity index (χ2n) is 11.0. The van der Waals surface area contributed by atoms with E-state index in [4.69, 9.17) is 28.4 Å². The van der Waals surface area contributed by atoms with Crippen LogP contribution in [0.15, 0.2) is 66.7 Å². The van der Waals surface area contributed by atoms with Crippen LogP contribution in [0.2, 0.25) is 0 Å². The van der Waals surface area contributed by atoms with Crippen molar-refractivity contribution in [2.24, 2.45) is 0 Å². The van der Waals surface area contributed by atoms with Gasteiger partial charge < -0.3 is 38.6 Å². The molecule has 0 aromatic heterocycles. The van der Waals surface area contributed by atoms with Crippen molar-refractivity contribution in [3.63, 3.8) is 0 Å². The van der Waals surface area contributed by atoms with Crippen molar-refractivity contribution in [3.8, 4) is 23.0 Å². The Balaban J connectivity index is 0.000000232. The molecule has 2 aliphatic heterocycles. The van der Waals surface area contributed by atoms with Crippen molar-refractivity contribution in [3.05, 3.63) is 83.4 Å².